The Morgan fingerprint density at radius 3 is 2.61 bits per heavy atom. The van der Waals surface area contributed by atoms with Gasteiger partial charge >= 0.3 is 11.9 Å². The summed E-state index contributed by atoms with van der Waals surface area (Å²) in [5, 5.41) is 6.79. The number of halogens is 3. The number of carbonyl (C=O) groups excluding carboxylic acids is 2. The molecule has 0 unspecified atom stereocenters. The Hall–Kier alpha value is -2.33. The van der Waals surface area contributed by atoms with Crippen molar-refractivity contribution >= 4 is 68.1 Å². The molecule has 2 heterocycles. The monoisotopic (exact) mass is 556 g/mol. The number of hydrogen-bond donors (Lipinski definition) is 2. The van der Waals surface area contributed by atoms with Gasteiger partial charge in [-0.3, -0.25) is 4.79 Å². The summed E-state index contributed by atoms with van der Waals surface area (Å²) in [7, 11) is 1.29. The molecule has 3 aromatic rings. The zero-order chi connectivity index (χ0) is 24.3. The van der Waals surface area contributed by atoms with Crippen LogP contribution in [0.15, 0.2) is 35.1 Å². The van der Waals surface area contributed by atoms with Crippen LogP contribution in [0.5, 0.6) is 0 Å². The highest BCUT2D eigenvalue weighted by Crippen LogP contribution is 2.36. The topological polar surface area (TPSA) is 94.0 Å². The lowest BCUT2D eigenvalue weighted by Crippen LogP contribution is -2.31. The summed E-state index contributed by atoms with van der Waals surface area (Å²) < 4.78 is 12.7. The number of ether oxygens (including phenoxy) is 2. The van der Waals surface area contributed by atoms with Gasteiger partial charge < -0.3 is 24.5 Å². The van der Waals surface area contributed by atoms with Gasteiger partial charge in [-0.2, -0.15) is 0 Å². The van der Waals surface area contributed by atoms with Gasteiger partial charge in [-0.15, -0.1) is 0 Å². The Morgan fingerprint density at radius 1 is 1.24 bits per heavy atom. The first-order valence-electron chi connectivity index (χ1n) is 9.91. The summed E-state index contributed by atoms with van der Waals surface area (Å²) in [6.07, 6.45) is 3.19. The third-order valence-corrected chi connectivity index (χ3v) is 5.57. The summed E-state index contributed by atoms with van der Waals surface area (Å²) in [6.45, 7) is 5.73. The number of aromatic nitrogens is 2. The molecule has 11 heteroatoms. The van der Waals surface area contributed by atoms with Crippen molar-refractivity contribution in [1.29, 1.82) is 0 Å². The molecular weight excluding hydrogens is 535 g/mol. The number of imidazole rings is 1. The van der Waals surface area contributed by atoms with Gasteiger partial charge in [0.25, 0.3) is 0 Å². The lowest BCUT2D eigenvalue weighted by molar-refractivity contribution is -0.153. The zero-order valence-electron chi connectivity index (χ0n) is 18.5. The van der Waals surface area contributed by atoms with Crippen molar-refractivity contribution in [2.45, 2.75) is 32.9 Å². The number of fused-ring (bicyclic) bond motifs is 1. The lowest BCUT2D eigenvalue weighted by atomic mass is 10.2. The molecule has 2 N–H and O–H groups in total. The first-order chi connectivity index (χ1) is 15.5. The standard InChI is InChI=1S/C22H23BrCl2N4O4/c1-22(2,3)33-17(30)10-26-8-13-9-27-20-18(25)19(14(11-29(13)20)21(31)32-4)28-16-6-5-12(23)7-15(16)24/h5-7,9,11,26,28H,8,10H2,1-4H3. The summed E-state index contributed by atoms with van der Waals surface area (Å²) >= 11 is 16.3. The molecule has 0 aliphatic rings. The summed E-state index contributed by atoms with van der Waals surface area (Å²) in [5.74, 6) is -0.960. The van der Waals surface area contributed by atoms with Gasteiger partial charge in [0, 0.05) is 17.2 Å². The second-order valence-corrected chi connectivity index (χ2v) is 9.81. The Bertz CT molecular complexity index is 1210. The van der Waals surface area contributed by atoms with E-state index in [0.717, 1.165) is 4.47 Å². The van der Waals surface area contributed by atoms with Crippen LogP contribution in [0.2, 0.25) is 10.0 Å². The maximum Gasteiger partial charge on any atom is 0.341 e. The Kier molecular flexibility index (Phi) is 7.89. The fraction of sp³-hybridized carbons (Fsp3) is 0.318. The smallest absolute Gasteiger partial charge is 0.341 e. The molecule has 0 saturated heterocycles. The van der Waals surface area contributed by atoms with Crippen molar-refractivity contribution in [2.75, 3.05) is 19.0 Å². The van der Waals surface area contributed by atoms with Gasteiger partial charge in [0.1, 0.15) is 16.2 Å². The van der Waals surface area contributed by atoms with E-state index >= 15 is 0 Å². The molecule has 0 spiro atoms. The molecule has 8 nitrogen and oxygen atoms in total. The zero-order valence-corrected chi connectivity index (χ0v) is 21.6. The third-order valence-electron chi connectivity index (χ3n) is 4.41. The maximum absolute atomic E-state index is 12.6. The van der Waals surface area contributed by atoms with Gasteiger partial charge in [0.05, 0.1) is 41.9 Å². The van der Waals surface area contributed by atoms with Crippen LogP contribution in [-0.4, -0.2) is 40.6 Å². The number of pyridine rings is 1. The van der Waals surface area contributed by atoms with Crippen LogP contribution in [0.3, 0.4) is 0 Å². The second-order valence-electron chi connectivity index (χ2n) is 8.11. The maximum atomic E-state index is 12.6. The van der Waals surface area contributed by atoms with Crippen molar-refractivity contribution < 1.29 is 19.1 Å². The van der Waals surface area contributed by atoms with E-state index in [-0.39, 0.29) is 23.1 Å². The van der Waals surface area contributed by atoms with Crippen molar-refractivity contribution in [3.05, 3.63) is 56.4 Å². The van der Waals surface area contributed by atoms with Crippen molar-refractivity contribution in [3.8, 4) is 0 Å². The Labute approximate surface area is 209 Å². The van der Waals surface area contributed by atoms with E-state index < -0.39 is 11.6 Å². The second kappa shape index (κ2) is 10.3. The number of methoxy groups -OCH3 is 1. The molecule has 3 rings (SSSR count). The molecule has 0 fully saturated rings. The predicted octanol–water partition coefficient (Wildman–Crippen LogP) is 5.37. The number of anilines is 2. The molecule has 1 aromatic carbocycles. The van der Waals surface area contributed by atoms with E-state index in [9.17, 15) is 9.59 Å². The summed E-state index contributed by atoms with van der Waals surface area (Å²) in [4.78, 5) is 28.9. The van der Waals surface area contributed by atoms with E-state index in [1.54, 1.807) is 49.7 Å². The van der Waals surface area contributed by atoms with Crippen LogP contribution < -0.4 is 10.6 Å². The Balaban J connectivity index is 1.92. The van der Waals surface area contributed by atoms with Gasteiger partial charge in [-0.25, -0.2) is 9.78 Å². The summed E-state index contributed by atoms with van der Waals surface area (Å²) in [5.41, 5.74) is 1.62. The van der Waals surface area contributed by atoms with E-state index in [4.69, 9.17) is 32.7 Å². The van der Waals surface area contributed by atoms with E-state index in [1.165, 1.54) is 7.11 Å². The van der Waals surface area contributed by atoms with Crippen LogP contribution in [0.1, 0.15) is 36.8 Å². The molecule has 0 aliphatic carbocycles. The minimum atomic E-state index is -0.587. The molecule has 0 bridgehead atoms. The van der Waals surface area contributed by atoms with Gasteiger partial charge in [0.15, 0.2) is 5.65 Å². The minimum Gasteiger partial charge on any atom is -0.465 e. The first kappa shape index (κ1) is 25.3. The lowest BCUT2D eigenvalue weighted by Gasteiger charge is -2.19. The van der Waals surface area contributed by atoms with Crippen LogP contribution in [0, 0.1) is 0 Å². The average molecular weight is 558 g/mol. The van der Waals surface area contributed by atoms with E-state index in [2.05, 4.69) is 31.5 Å². The first-order valence-corrected chi connectivity index (χ1v) is 11.5. The number of rotatable bonds is 7. The molecule has 0 aliphatic heterocycles. The SMILES string of the molecule is COC(=O)c1cn2c(CNCC(=O)OC(C)(C)C)cnc2c(Cl)c1Nc1ccc(Br)cc1Cl. The highest BCUT2D eigenvalue weighted by molar-refractivity contribution is 9.10. The number of esters is 2. The number of hydrogen-bond acceptors (Lipinski definition) is 7. The number of nitrogens with one attached hydrogen (secondary N) is 2. The van der Waals surface area contributed by atoms with E-state index in [0.29, 0.717) is 34.3 Å². The van der Waals surface area contributed by atoms with Crippen LogP contribution in [0.4, 0.5) is 11.4 Å². The molecule has 0 saturated carbocycles. The third kappa shape index (κ3) is 6.17. The summed E-state index contributed by atoms with van der Waals surface area (Å²) in [6, 6.07) is 5.28. The van der Waals surface area contributed by atoms with Crippen LogP contribution >= 0.6 is 39.1 Å². The molecular formula is C22H23BrCl2N4O4. The van der Waals surface area contributed by atoms with E-state index in [1.807, 2.05) is 6.07 Å². The fourth-order valence-electron chi connectivity index (χ4n) is 3.04. The Morgan fingerprint density at radius 2 is 1.97 bits per heavy atom. The van der Waals surface area contributed by atoms with Crippen LogP contribution in [0.25, 0.3) is 5.65 Å². The minimum absolute atomic E-state index is 0.0177. The molecule has 0 amide bonds. The number of nitrogens with zero attached hydrogens (tertiary/aromatic N) is 2. The normalized spacial score (nSPS) is 11.5. The molecule has 33 heavy (non-hydrogen) atoms. The van der Waals surface area contributed by atoms with Crippen molar-refractivity contribution in [1.82, 2.24) is 14.7 Å². The van der Waals surface area contributed by atoms with Crippen molar-refractivity contribution in [2.24, 2.45) is 0 Å². The number of benzene rings is 1. The predicted molar refractivity (Wildman–Crippen MR) is 132 cm³/mol. The molecule has 0 atom stereocenters. The van der Waals surface area contributed by atoms with Gasteiger partial charge in [-0.1, -0.05) is 39.1 Å². The average Bonchev–Trinajstić information content (AvgIpc) is 3.12. The van der Waals surface area contributed by atoms with Crippen LogP contribution in [-0.2, 0) is 20.8 Å². The molecule has 176 valence electrons. The highest BCUT2D eigenvalue weighted by atomic mass is 79.9. The largest absolute Gasteiger partial charge is 0.465 e. The number of carbonyl (C=O) groups is 2. The molecule has 2 aromatic heterocycles. The fourth-order valence-corrected chi connectivity index (χ4v) is 4.05. The quantitative estimate of drug-likeness (QED) is 0.377. The molecule has 0 radical (unpaired) electrons. The highest BCUT2D eigenvalue weighted by Gasteiger charge is 2.22. The van der Waals surface area contributed by atoms with Crippen molar-refractivity contribution in [3.63, 3.8) is 0 Å². The van der Waals surface area contributed by atoms with Gasteiger partial charge in [0.2, 0.25) is 0 Å². The van der Waals surface area contributed by atoms with Gasteiger partial charge in [-0.05, 0) is 39.0 Å².